The second-order valence-electron chi connectivity index (χ2n) is 7.59. The molecule has 2 fully saturated rings. The summed E-state index contributed by atoms with van der Waals surface area (Å²) in [5, 5.41) is 7.33. The fourth-order valence-corrected chi connectivity index (χ4v) is 3.90. The first-order valence-electron chi connectivity index (χ1n) is 9.85. The first-order valence-corrected chi connectivity index (χ1v) is 9.85. The van der Waals surface area contributed by atoms with E-state index < -0.39 is 0 Å². The van der Waals surface area contributed by atoms with Gasteiger partial charge in [-0.1, -0.05) is 37.3 Å². The maximum Gasteiger partial charge on any atom is 0.234 e. The third kappa shape index (κ3) is 6.12. The normalized spacial score (nSPS) is 21.6. The van der Waals surface area contributed by atoms with Crippen LogP contribution >= 0.6 is 0 Å². The van der Waals surface area contributed by atoms with Gasteiger partial charge in [0.2, 0.25) is 5.91 Å². The van der Waals surface area contributed by atoms with Crippen LogP contribution in [0.15, 0.2) is 10.6 Å². The van der Waals surface area contributed by atoms with Crippen LogP contribution in [0.25, 0.3) is 0 Å². The third-order valence-electron chi connectivity index (χ3n) is 5.36. The van der Waals surface area contributed by atoms with Crippen LogP contribution in [0.1, 0.15) is 56.4 Å². The Morgan fingerprint density at radius 3 is 2.40 bits per heavy atom. The van der Waals surface area contributed by atoms with Gasteiger partial charge < -0.3 is 9.84 Å². The Balaban J connectivity index is 1.35. The molecule has 6 nitrogen and oxygen atoms in total. The first-order chi connectivity index (χ1) is 12.2. The van der Waals surface area contributed by atoms with Crippen molar-refractivity contribution in [3.05, 3.63) is 17.5 Å². The van der Waals surface area contributed by atoms with Crippen molar-refractivity contribution in [2.45, 2.75) is 64.5 Å². The van der Waals surface area contributed by atoms with Gasteiger partial charge in [-0.05, 0) is 19.8 Å². The second kappa shape index (κ2) is 9.34. The van der Waals surface area contributed by atoms with Crippen LogP contribution in [0, 0.1) is 6.92 Å². The molecule has 1 saturated carbocycles. The van der Waals surface area contributed by atoms with E-state index in [2.05, 4.69) is 20.3 Å². The number of rotatable bonds is 5. The summed E-state index contributed by atoms with van der Waals surface area (Å²) >= 11 is 0. The number of nitrogens with zero attached hydrogens (tertiary/aromatic N) is 3. The molecule has 3 rings (SSSR count). The van der Waals surface area contributed by atoms with E-state index in [4.69, 9.17) is 4.52 Å². The maximum atomic E-state index is 12.4. The number of hydrogen-bond donors (Lipinski definition) is 1. The molecule has 25 heavy (non-hydrogen) atoms. The minimum Gasteiger partial charge on any atom is -0.361 e. The van der Waals surface area contributed by atoms with Gasteiger partial charge in [-0.3, -0.25) is 14.6 Å². The van der Waals surface area contributed by atoms with E-state index in [1.165, 1.54) is 32.1 Å². The number of amides is 1. The molecule has 1 aliphatic heterocycles. The summed E-state index contributed by atoms with van der Waals surface area (Å²) < 4.78 is 5.13. The molecular formula is C19H32N4O2. The Morgan fingerprint density at radius 1 is 1.12 bits per heavy atom. The van der Waals surface area contributed by atoms with Crippen LogP contribution in [-0.4, -0.2) is 59.6 Å². The molecule has 6 heteroatoms. The molecule has 2 heterocycles. The summed E-state index contributed by atoms with van der Waals surface area (Å²) in [6.45, 7) is 7.12. The van der Waals surface area contributed by atoms with E-state index in [1.807, 2.05) is 13.0 Å². The summed E-state index contributed by atoms with van der Waals surface area (Å²) in [5.74, 6) is 1.06. The summed E-state index contributed by atoms with van der Waals surface area (Å²) in [5.41, 5.74) is 0.993. The lowest BCUT2D eigenvalue weighted by atomic mass is 9.97. The SMILES string of the molecule is Cc1cc(CN2CCN(CC(=O)NC3CCCCCCC3)CC2)no1. The summed E-state index contributed by atoms with van der Waals surface area (Å²) in [6.07, 6.45) is 8.81. The average Bonchev–Trinajstić information content (AvgIpc) is 2.97. The highest BCUT2D eigenvalue weighted by Gasteiger charge is 2.21. The molecular weight excluding hydrogens is 316 g/mol. The van der Waals surface area contributed by atoms with Crippen molar-refractivity contribution >= 4 is 5.91 Å². The second-order valence-corrected chi connectivity index (χ2v) is 7.59. The number of nitrogens with one attached hydrogen (secondary N) is 1. The molecule has 0 aromatic carbocycles. The van der Waals surface area contributed by atoms with Gasteiger partial charge in [0.15, 0.2) is 0 Å². The van der Waals surface area contributed by atoms with E-state index in [0.717, 1.165) is 57.0 Å². The molecule has 1 amide bonds. The molecule has 0 spiro atoms. The Kier molecular flexibility index (Phi) is 6.87. The lowest BCUT2D eigenvalue weighted by molar-refractivity contribution is -0.123. The van der Waals surface area contributed by atoms with E-state index in [1.54, 1.807) is 0 Å². The molecule has 0 bridgehead atoms. The molecule has 2 aliphatic rings. The average molecular weight is 348 g/mol. The van der Waals surface area contributed by atoms with E-state index in [9.17, 15) is 4.79 Å². The highest BCUT2D eigenvalue weighted by molar-refractivity contribution is 5.78. The zero-order chi connectivity index (χ0) is 17.5. The highest BCUT2D eigenvalue weighted by Crippen LogP contribution is 2.17. The monoisotopic (exact) mass is 348 g/mol. The third-order valence-corrected chi connectivity index (χ3v) is 5.36. The molecule has 0 unspecified atom stereocenters. The molecule has 1 saturated heterocycles. The van der Waals surface area contributed by atoms with Crippen molar-refractivity contribution < 1.29 is 9.32 Å². The molecule has 1 N–H and O–H groups in total. The number of piperazine rings is 1. The lowest BCUT2D eigenvalue weighted by Crippen LogP contribution is -2.50. The summed E-state index contributed by atoms with van der Waals surface area (Å²) in [4.78, 5) is 17.0. The van der Waals surface area contributed by atoms with E-state index in [0.29, 0.717) is 12.6 Å². The molecule has 0 atom stereocenters. The molecule has 1 aromatic heterocycles. The van der Waals surface area contributed by atoms with Crippen molar-refractivity contribution in [2.75, 3.05) is 32.7 Å². The Bertz CT molecular complexity index is 529. The van der Waals surface area contributed by atoms with Gasteiger partial charge in [0.25, 0.3) is 0 Å². The van der Waals surface area contributed by atoms with Gasteiger partial charge in [-0.15, -0.1) is 0 Å². The summed E-state index contributed by atoms with van der Waals surface area (Å²) in [6, 6.07) is 2.39. The zero-order valence-corrected chi connectivity index (χ0v) is 15.5. The highest BCUT2D eigenvalue weighted by atomic mass is 16.5. The van der Waals surface area contributed by atoms with Crippen molar-refractivity contribution in [2.24, 2.45) is 0 Å². The van der Waals surface area contributed by atoms with Crippen molar-refractivity contribution in [1.82, 2.24) is 20.3 Å². The topological polar surface area (TPSA) is 61.6 Å². The van der Waals surface area contributed by atoms with Crippen LogP contribution in [0.2, 0.25) is 0 Å². The van der Waals surface area contributed by atoms with Gasteiger partial charge in [0.1, 0.15) is 5.76 Å². The number of aromatic nitrogens is 1. The fourth-order valence-electron chi connectivity index (χ4n) is 3.90. The first kappa shape index (κ1) is 18.4. The Labute approximate surface area is 150 Å². The van der Waals surface area contributed by atoms with Gasteiger partial charge in [-0.25, -0.2) is 0 Å². The molecule has 1 aliphatic carbocycles. The quantitative estimate of drug-likeness (QED) is 0.885. The zero-order valence-electron chi connectivity index (χ0n) is 15.5. The maximum absolute atomic E-state index is 12.4. The largest absolute Gasteiger partial charge is 0.361 e. The minimum absolute atomic E-state index is 0.200. The number of aryl methyl sites for hydroxylation is 1. The smallest absolute Gasteiger partial charge is 0.234 e. The number of hydrogen-bond acceptors (Lipinski definition) is 5. The Hall–Kier alpha value is -1.40. The van der Waals surface area contributed by atoms with Crippen LogP contribution < -0.4 is 5.32 Å². The predicted octanol–water partition coefficient (Wildman–Crippen LogP) is 2.33. The van der Waals surface area contributed by atoms with Crippen molar-refractivity contribution in [3.8, 4) is 0 Å². The van der Waals surface area contributed by atoms with E-state index >= 15 is 0 Å². The fraction of sp³-hybridized carbons (Fsp3) is 0.789. The van der Waals surface area contributed by atoms with Gasteiger partial charge in [-0.2, -0.15) is 0 Å². The molecule has 0 radical (unpaired) electrons. The standard InChI is InChI=1S/C19H32N4O2/c1-16-13-18(21-25-16)14-22-9-11-23(12-10-22)15-19(24)20-17-7-5-3-2-4-6-8-17/h13,17H,2-12,14-15H2,1H3,(H,20,24). The van der Waals surface area contributed by atoms with Crippen LogP contribution in [0.3, 0.4) is 0 Å². The van der Waals surface area contributed by atoms with Crippen molar-refractivity contribution in [3.63, 3.8) is 0 Å². The molecule has 140 valence electrons. The van der Waals surface area contributed by atoms with Gasteiger partial charge in [0, 0.05) is 44.8 Å². The predicted molar refractivity (Wildman–Crippen MR) is 97.2 cm³/mol. The van der Waals surface area contributed by atoms with Crippen molar-refractivity contribution in [1.29, 1.82) is 0 Å². The molecule has 1 aromatic rings. The van der Waals surface area contributed by atoms with Gasteiger partial charge in [0.05, 0.1) is 12.2 Å². The number of carbonyl (C=O) groups excluding carboxylic acids is 1. The lowest BCUT2D eigenvalue weighted by Gasteiger charge is -2.34. The number of carbonyl (C=O) groups is 1. The van der Waals surface area contributed by atoms with Gasteiger partial charge >= 0.3 is 0 Å². The minimum atomic E-state index is 0.200. The van der Waals surface area contributed by atoms with E-state index in [-0.39, 0.29) is 5.91 Å². The summed E-state index contributed by atoms with van der Waals surface area (Å²) in [7, 11) is 0. The van der Waals surface area contributed by atoms with Crippen LogP contribution in [-0.2, 0) is 11.3 Å². The Morgan fingerprint density at radius 2 is 1.76 bits per heavy atom. The van der Waals surface area contributed by atoms with Crippen LogP contribution in [0.4, 0.5) is 0 Å². The van der Waals surface area contributed by atoms with Crippen LogP contribution in [0.5, 0.6) is 0 Å².